The molecular formula is C17H19LiOP. The maximum atomic E-state index is 12.5. The number of aryl methyl sites for hydroxylation is 4. The number of benzene rings is 2. The van der Waals surface area contributed by atoms with Gasteiger partial charge in [0.2, 0.25) is 0 Å². The standard InChI is InChI=1S/C17H19OP.Li/c1-11-8-9-12(2)15(10-11)19-17(18)16-13(3)6-5-7-14(16)4;/h5-10,19H,1-4H3;. The van der Waals surface area contributed by atoms with Crippen LogP contribution in [0.2, 0.25) is 0 Å². The number of hydrogen-bond acceptors (Lipinski definition) is 1. The summed E-state index contributed by atoms with van der Waals surface area (Å²) in [5, 5.41) is 1.16. The Labute approximate surface area is 135 Å². The zero-order valence-electron chi connectivity index (χ0n) is 12.9. The molecule has 0 aliphatic heterocycles. The Balaban J connectivity index is 0.00000200. The zero-order chi connectivity index (χ0) is 14.0. The fraction of sp³-hybridized carbons (Fsp3) is 0.235. The van der Waals surface area contributed by atoms with Gasteiger partial charge in [0.25, 0.3) is 0 Å². The maximum Gasteiger partial charge on any atom is 0.186 e. The molecule has 20 heavy (non-hydrogen) atoms. The van der Waals surface area contributed by atoms with Crippen molar-refractivity contribution in [1.29, 1.82) is 0 Å². The van der Waals surface area contributed by atoms with Crippen LogP contribution in [0.1, 0.15) is 32.6 Å². The Morgan fingerprint density at radius 1 is 0.900 bits per heavy atom. The van der Waals surface area contributed by atoms with Crippen LogP contribution in [0.15, 0.2) is 36.4 Å². The second kappa shape index (κ2) is 7.23. The van der Waals surface area contributed by atoms with E-state index in [-0.39, 0.29) is 33.0 Å². The van der Waals surface area contributed by atoms with E-state index in [0.29, 0.717) is 0 Å². The van der Waals surface area contributed by atoms with Gasteiger partial charge in [-0.15, -0.1) is 0 Å². The van der Waals surface area contributed by atoms with Gasteiger partial charge >= 0.3 is 0 Å². The summed E-state index contributed by atoms with van der Waals surface area (Å²) in [5.41, 5.74) is 5.68. The van der Waals surface area contributed by atoms with E-state index in [0.717, 1.165) is 22.0 Å². The number of carbonyl (C=O) groups excluding carboxylic acids is 1. The van der Waals surface area contributed by atoms with Gasteiger partial charge in [-0.25, -0.2) is 0 Å². The first-order valence-corrected chi connectivity index (χ1v) is 7.44. The fourth-order valence-electron chi connectivity index (χ4n) is 2.23. The van der Waals surface area contributed by atoms with E-state index in [4.69, 9.17) is 0 Å². The predicted molar refractivity (Wildman–Crippen MR) is 89.9 cm³/mol. The molecule has 1 unspecified atom stereocenters. The van der Waals surface area contributed by atoms with Crippen molar-refractivity contribution in [3.63, 3.8) is 0 Å². The molecule has 99 valence electrons. The second-order valence-electron chi connectivity index (χ2n) is 5.04. The van der Waals surface area contributed by atoms with Crippen molar-refractivity contribution >= 4 is 38.3 Å². The molecule has 0 aromatic heterocycles. The van der Waals surface area contributed by atoms with Crippen LogP contribution < -0.4 is 5.30 Å². The van der Waals surface area contributed by atoms with Gasteiger partial charge in [-0.2, -0.15) is 0 Å². The average molecular weight is 277 g/mol. The van der Waals surface area contributed by atoms with Crippen LogP contribution in [-0.2, 0) is 0 Å². The molecule has 2 aromatic carbocycles. The van der Waals surface area contributed by atoms with E-state index in [9.17, 15) is 4.79 Å². The van der Waals surface area contributed by atoms with Crippen LogP contribution >= 0.6 is 8.58 Å². The van der Waals surface area contributed by atoms with Gasteiger partial charge < -0.3 is 0 Å². The number of carbonyl (C=O) groups is 1. The van der Waals surface area contributed by atoms with Gasteiger partial charge in [-0.05, 0) is 58.3 Å². The first-order valence-electron chi connectivity index (χ1n) is 6.44. The Kier molecular flexibility index (Phi) is 6.22. The minimum absolute atomic E-state index is 0. The third-order valence-electron chi connectivity index (χ3n) is 3.35. The summed E-state index contributed by atoms with van der Waals surface area (Å²) < 4.78 is 0. The molecule has 0 heterocycles. The van der Waals surface area contributed by atoms with Crippen LogP contribution in [0.4, 0.5) is 0 Å². The third-order valence-corrected chi connectivity index (χ3v) is 4.63. The Hall–Kier alpha value is -0.863. The summed E-state index contributed by atoms with van der Waals surface area (Å²) in [4.78, 5) is 12.5. The van der Waals surface area contributed by atoms with E-state index in [1.54, 1.807) is 0 Å². The van der Waals surface area contributed by atoms with E-state index in [2.05, 4.69) is 32.0 Å². The van der Waals surface area contributed by atoms with Crippen molar-refractivity contribution in [3.8, 4) is 0 Å². The molecule has 0 aliphatic rings. The van der Waals surface area contributed by atoms with Crippen molar-refractivity contribution in [1.82, 2.24) is 0 Å². The summed E-state index contributed by atoms with van der Waals surface area (Å²) in [5.74, 6) is 0. The summed E-state index contributed by atoms with van der Waals surface area (Å²) in [6.45, 7) is 8.15. The number of hydrogen-bond donors (Lipinski definition) is 0. The first kappa shape index (κ1) is 17.2. The SMILES string of the molecule is Cc1ccc(C)c(PC(=O)c2c(C)cccc2C)c1.[Li]. The average Bonchev–Trinajstić information content (AvgIpc) is 2.33. The molecule has 0 amide bonds. The molecule has 0 aliphatic carbocycles. The molecule has 0 saturated heterocycles. The Morgan fingerprint density at radius 3 is 2.10 bits per heavy atom. The molecule has 1 atom stereocenters. The summed E-state index contributed by atoms with van der Waals surface area (Å²) >= 11 is 0. The molecule has 0 N–H and O–H groups in total. The van der Waals surface area contributed by atoms with Crippen LogP contribution in [0.3, 0.4) is 0 Å². The topological polar surface area (TPSA) is 17.1 Å². The Morgan fingerprint density at radius 2 is 1.50 bits per heavy atom. The van der Waals surface area contributed by atoms with E-state index in [1.165, 1.54) is 11.1 Å². The minimum atomic E-state index is 0. The van der Waals surface area contributed by atoms with Crippen molar-refractivity contribution in [2.75, 3.05) is 0 Å². The minimum Gasteiger partial charge on any atom is -0.289 e. The van der Waals surface area contributed by atoms with E-state index < -0.39 is 0 Å². The molecule has 1 nitrogen and oxygen atoms in total. The molecule has 1 radical (unpaired) electrons. The van der Waals surface area contributed by atoms with Gasteiger partial charge in [-0.1, -0.05) is 42.0 Å². The first-order chi connectivity index (χ1) is 8.99. The molecule has 0 saturated carbocycles. The monoisotopic (exact) mass is 277 g/mol. The van der Waals surface area contributed by atoms with Crippen molar-refractivity contribution < 1.29 is 4.79 Å². The molecule has 0 fully saturated rings. The second-order valence-corrected chi connectivity index (χ2v) is 6.28. The van der Waals surface area contributed by atoms with Gasteiger partial charge in [0.1, 0.15) is 0 Å². The van der Waals surface area contributed by atoms with E-state index in [1.807, 2.05) is 32.0 Å². The van der Waals surface area contributed by atoms with Gasteiger partial charge in [-0.3, -0.25) is 4.79 Å². The fourth-order valence-corrected chi connectivity index (χ4v) is 3.57. The number of rotatable bonds is 3. The largest absolute Gasteiger partial charge is 0.289 e. The van der Waals surface area contributed by atoms with Gasteiger partial charge in [0.15, 0.2) is 5.52 Å². The molecular weight excluding hydrogens is 258 g/mol. The maximum absolute atomic E-state index is 12.5. The van der Waals surface area contributed by atoms with Crippen molar-refractivity contribution in [2.24, 2.45) is 0 Å². The smallest absolute Gasteiger partial charge is 0.186 e. The third kappa shape index (κ3) is 3.83. The van der Waals surface area contributed by atoms with E-state index >= 15 is 0 Å². The van der Waals surface area contributed by atoms with Crippen LogP contribution in [0.25, 0.3) is 0 Å². The summed E-state index contributed by atoms with van der Waals surface area (Å²) in [7, 11) is 0.205. The Bertz CT molecular complexity index is 615. The van der Waals surface area contributed by atoms with Gasteiger partial charge in [0.05, 0.1) is 0 Å². The molecule has 2 rings (SSSR count). The molecule has 3 heteroatoms. The summed E-state index contributed by atoms with van der Waals surface area (Å²) in [6, 6.07) is 12.3. The van der Waals surface area contributed by atoms with Crippen LogP contribution in [0, 0.1) is 27.7 Å². The molecule has 0 spiro atoms. The summed E-state index contributed by atoms with van der Waals surface area (Å²) in [6.07, 6.45) is 0. The molecule has 2 aromatic rings. The van der Waals surface area contributed by atoms with Crippen molar-refractivity contribution in [2.45, 2.75) is 27.7 Å². The quantitative estimate of drug-likeness (QED) is 0.618. The van der Waals surface area contributed by atoms with Gasteiger partial charge in [0, 0.05) is 24.4 Å². The molecule has 0 bridgehead atoms. The van der Waals surface area contributed by atoms with Crippen molar-refractivity contribution in [3.05, 3.63) is 64.2 Å². The van der Waals surface area contributed by atoms with Crippen LogP contribution in [-0.4, -0.2) is 24.4 Å². The predicted octanol–water partition coefficient (Wildman–Crippen LogP) is 3.68. The zero-order valence-corrected chi connectivity index (χ0v) is 13.9. The normalized spacial score (nSPS) is 10.6. The van der Waals surface area contributed by atoms with Crippen LogP contribution in [0.5, 0.6) is 0 Å².